The maximum Gasteiger partial charge on any atom is 0.189 e. The molecule has 0 saturated carbocycles. The fourth-order valence-corrected chi connectivity index (χ4v) is 1.55. The highest BCUT2D eigenvalue weighted by molar-refractivity contribution is 6.08. The number of carbonyl (C=O) groups excluding carboxylic acids is 1. The van der Waals surface area contributed by atoms with Gasteiger partial charge < -0.3 is 10.2 Å². The van der Waals surface area contributed by atoms with Gasteiger partial charge in [0, 0.05) is 6.07 Å². The van der Waals surface area contributed by atoms with Crippen molar-refractivity contribution < 1.29 is 15.0 Å². The summed E-state index contributed by atoms with van der Waals surface area (Å²) in [7, 11) is 0. The van der Waals surface area contributed by atoms with Gasteiger partial charge in [-0.25, -0.2) is 0 Å². The van der Waals surface area contributed by atoms with Crippen LogP contribution < -0.4 is 0 Å². The first-order valence-electron chi connectivity index (χ1n) is 5.46. The third-order valence-electron chi connectivity index (χ3n) is 2.47. The molecule has 0 bridgehead atoms. The van der Waals surface area contributed by atoms with Crippen LogP contribution in [0.2, 0.25) is 0 Å². The van der Waals surface area contributed by atoms with E-state index in [0.717, 1.165) is 11.6 Å². The summed E-state index contributed by atoms with van der Waals surface area (Å²) in [5, 5.41) is 18.7. The minimum atomic E-state index is -0.309. The van der Waals surface area contributed by atoms with Crippen LogP contribution in [0.25, 0.3) is 6.08 Å². The smallest absolute Gasteiger partial charge is 0.189 e. The third-order valence-corrected chi connectivity index (χ3v) is 2.47. The zero-order chi connectivity index (χ0) is 13.0. The standard InChI is InChI=1S/C15H12O3/c16-12-7-8-13(15(18)10-12)14(17)9-6-11-4-2-1-3-5-11/h1-10,16,18H/b9-6+. The van der Waals surface area contributed by atoms with E-state index in [0.29, 0.717) is 0 Å². The highest BCUT2D eigenvalue weighted by atomic mass is 16.3. The van der Waals surface area contributed by atoms with Crippen LogP contribution in [0, 0.1) is 0 Å². The second-order valence-electron chi connectivity index (χ2n) is 3.81. The molecular weight excluding hydrogens is 228 g/mol. The molecule has 2 rings (SSSR count). The Morgan fingerprint density at radius 1 is 1.00 bits per heavy atom. The van der Waals surface area contributed by atoms with Crippen molar-refractivity contribution in [1.29, 1.82) is 0 Å². The molecule has 0 aliphatic rings. The molecule has 0 heterocycles. The molecule has 0 radical (unpaired) electrons. The van der Waals surface area contributed by atoms with E-state index in [-0.39, 0.29) is 22.8 Å². The fourth-order valence-electron chi connectivity index (χ4n) is 1.55. The number of allylic oxidation sites excluding steroid dienone is 1. The average Bonchev–Trinajstić information content (AvgIpc) is 2.37. The fraction of sp³-hybridized carbons (Fsp3) is 0. The van der Waals surface area contributed by atoms with Crippen LogP contribution in [-0.2, 0) is 0 Å². The largest absolute Gasteiger partial charge is 0.508 e. The summed E-state index contributed by atoms with van der Waals surface area (Å²) >= 11 is 0. The van der Waals surface area contributed by atoms with Crippen LogP contribution >= 0.6 is 0 Å². The van der Waals surface area contributed by atoms with Crippen LogP contribution in [0.5, 0.6) is 11.5 Å². The lowest BCUT2D eigenvalue weighted by atomic mass is 10.1. The Hall–Kier alpha value is -2.55. The number of carbonyl (C=O) groups is 1. The first-order valence-corrected chi connectivity index (χ1v) is 5.46. The first-order chi connectivity index (χ1) is 8.66. The van der Waals surface area contributed by atoms with Gasteiger partial charge in [-0.3, -0.25) is 4.79 Å². The van der Waals surface area contributed by atoms with E-state index in [9.17, 15) is 9.90 Å². The lowest BCUT2D eigenvalue weighted by Gasteiger charge is -2.00. The Kier molecular flexibility index (Phi) is 3.44. The molecule has 0 atom stereocenters. The molecule has 0 spiro atoms. The maximum atomic E-state index is 11.8. The highest BCUT2D eigenvalue weighted by Crippen LogP contribution is 2.23. The van der Waals surface area contributed by atoms with Crippen molar-refractivity contribution in [3.05, 3.63) is 65.7 Å². The van der Waals surface area contributed by atoms with Gasteiger partial charge >= 0.3 is 0 Å². The van der Waals surface area contributed by atoms with E-state index in [2.05, 4.69) is 0 Å². The summed E-state index contributed by atoms with van der Waals surface area (Å²) in [4.78, 5) is 11.8. The first kappa shape index (κ1) is 11.9. The molecule has 0 fully saturated rings. The number of rotatable bonds is 3. The average molecular weight is 240 g/mol. The molecule has 0 unspecified atom stereocenters. The predicted molar refractivity (Wildman–Crippen MR) is 69.6 cm³/mol. The minimum Gasteiger partial charge on any atom is -0.508 e. The molecule has 0 amide bonds. The number of aromatic hydroxyl groups is 2. The summed E-state index contributed by atoms with van der Waals surface area (Å²) < 4.78 is 0. The van der Waals surface area contributed by atoms with E-state index in [1.54, 1.807) is 6.08 Å². The third kappa shape index (κ3) is 2.77. The second kappa shape index (κ2) is 5.19. The lowest BCUT2D eigenvalue weighted by Crippen LogP contribution is -1.94. The summed E-state index contributed by atoms with van der Waals surface area (Å²) in [5.41, 5.74) is 1.07. The molecular formula is C15H12O3. The van der Waals surface area contributed by atoms with Gasteiger partial charge in [0.2, 0.25) is 0 Å². The predicted octanol–water partition coefficient (Wildman–Crippen LogP) is 2.99. The van der Waals surface area contributed by atoms with Crippen molar-refractivity contribution >= 4 is 11.9 Å². The number of benzene rings is 2. The SMILES string of the molecule is O=C(/C=C/c1ccccc1)c1ccc(O)cc1O. The molecule has 90 valence electrons. The Morgan fingerprint density at radius 2 is 1.72 bits per heavy atom. The number of phenols is 2. The molecule has 2 N–H and O–H groups in total. The van der Waals surface area contributed by atoms with E-state index >= 15 is 0 Å². The van der Waals surface area contributed by atoms with Gasteiger partial charge in [0.1, 0.15) is 11.5 Å². The van der Waals surface area contributed by atoms with Gasteiger partial charge in [-0.1, -0.05) is 36.4 Å². The minimum absolute atomic E-state index is 0.0731. The Bertz CT molecular complexity index is 586. The molecule has 0 aromatic heterocycles. The lowest BCUT2D eigenvalue weighted by molar-refractivity contribution is 0.104. The molecule has 2 aromatic rings. The van der Waals surface area contributed by atoms with Crippen molar-refractivity contribution in [3.8, 4) is 11.5 Å². The monoisotopic (exact) mass is 240 g/mol. The number of phenolic OH excluding ortho intramolecular Hbond substituents is 2. The molecule has 3 nitrogen and oxygen atoms in total. The normalized spacial score (nSPS) is 10.7. The molecule has 0 saturated heterocycles. The van der Waals surface area contributed by atoms with Crippen LogP contribution in [0.15, 0.2) is 54.6 Å². The summed E-state index contributed by atoms with van der Waals surface area (Å²) in [6, 6.07) is 13.3. The van der Waals surface area contributed by atoms with Gasteiger partial charge in [0.15, 0.2) is 5.78 Å². The topological polar surface area (TPSA) is 57.5 Å². The quantitative estimate of drug-likeness (QED) is 0.640. The highest BCUT2D eigenvalue weighted by Gasteiger charge is 2.08. The van der Waals surface area contributed by atoms with Crippen LogP contribution in [0.3, 0.4) is 0 Å². The Morgan fingerprint density at radius 3 is 2.39 bits per heavy atom. The Balaban J connectivity index is 2.20. The van der Waals surface area contributed by atoms with Crippen molar-refractivity contribution in [2.45, 2.75) is 0 Å². The molecule has 0 aliphatic heterocycles. The van der Waals surface area contributed by atoms with Gasteiger partial charge in [0.25, 0.3) is 0 Å². The van der Waals surface area contributed by atoms with Crippen molar-refractivity contribution in [1.82, 2.24) is 0 Å². The van der Waals surface area contributed by atoms with Crippen molar-refractivity contribution in [3.63, 3.8) is 0 Å². The number of ketones is 1. The zero-order valence-corrected chi connectivity index (χ0v) is 9.58. The van der Waals surface area contributed by atoms with Gasteiger partial charge in [-0.2, -0.15) is 0 Å². The molecule has 0 aliphatic carbocycles. The van der Waals surface area contributed by atoms with E-state index < -0.39 is 0 Å². The van der Waals surface area contributed by atoms with E-state index in [1.807, 2.05) is 30.3 Å². The van der Waals surface area contributed by atoms with Crippen molar-refractivity contribution in [2.24, 2.45) is 0 Å². The Labute approximate surface area is 105 Å². The van der Waals surface area contributed by atoms with Crippen LogP contribution in [0.4, 0.5) is 0 Å². The van der Waals surface area contributed by atoms with Gasteiger partial charge in [0.05, 0.1) is 5.56 Å². The van der Waals surface area contributed by atoms with Gasteiger partial charge in [-0.05, 0) is 23.8 Å². The van der Waals surface area contributed by atoms with Gasteiger partial charge in [-0.15, -0.1) is 0 Å². The number of hydrogen-bond acceptors (Lipinski definition) is 3. The maximum absolute atomic E-state index is 11.8. The molecule has 2 aromatic carbocycles. The van der Waals surface area contributed by atoms with E-state index in [1.165, 1.54) is 18.2 Å². The van der Waals surface area contributed by atoms with E-state index in [4.69, 9.17) is 5.11 Å². The molecule has 3 heteroatoms. The second-order valence-corrected chi connectivity index (χ2v) is 3.81. The number of hydrogen-bond donors (Lipinski definition) is 2. The zero-order valence-electron chi connectivity index (χ0n) is 9.58. The van der Waals surface area contributed by atoms with Crippen LogP contribution in [0.1, 0.15) is 15.9 Å². The van der Waals surface area contributed by atoms with Crippen molar-refractivity contribution in [2.75, 3.05) is 0 Å². The van der Waals surface area contributed by atoms with Crippen LogP contribution in [-0.4, -0.2) is 16.0 Å². The summed E-state index contributed by atoms with van der Waals surface area (Å²) in [6.45, 7) is 0. The summed E-state index contributed by atoms with van der Waals surface area (Å²) in [6.07, 6.45) is 3.07. The summed E-state index contributed by atoms with van der Waals surface area (Å²) in [5.74, 6) is -0.606. The molecule has 18 heavy (non-hydrogen) atoms.